The summed E-state index contributed by atoms with van der Waals surface area (Å²) in [5.74, 6) is 0.551. The standard InChI is InChI=1S/C9H16N4O3/c1-2-15-6(4-14)5-16-8-3-7(10)12-9(11)13-8/h3,6,14H,2,4-5H2,1H3,(H4,10,11,12,13). The number of aliphatic hydroxyl groups excluding tert-OH is 1. The third-order valence-corrected chi connectivity index (χ3v) is 1.76. The number of anilines is 2. The Morgan fingerprint density at radius 2 is 2.19 bits per heavy atom. The monoisotopic (exact) mass is 228 g/mol. The van der Waals surface area contributed by atoms with Crippen molar-refractivity contribution in [3.8, 4) is 5.88 Å². The maximum absolute atomic E-state index is 8.96. The Balaban J connectivity index is 2.52. The van der Waals surface area contributed by atoms with Crippen LogP contribution in [0.2, 0.25) is 0 Å². The van der Waals surface area contributed by atoms with Gasteiger partial charge in [-0.2, -0.15) is 9.97 Å². The first-order valence-corrected chi connectivity index (χ1v) is 4.91. The largest absolute Gasteiger partial charge is 0.475 e. The third kappa shape index (κ3) is 3.87. The molecule has 5 N–H and O–H groups in total. The van der Waals surface area contributed by atoms with Gasteiger partial charge in [0.1, 0.15) is 18.5 Å². The van der Waals surface area contributed by atoms with Crippen molar-refractivity contribution in [2.45, 2.75) is 13.0 Å². The fourth-order valence-corrected chi connectivity index (χ4v) is 1.10. The van der Waals surface area contributed by atoms with Crippen LogP contribution in [0.15, 0.2) is 6.07 Å². The number of hydrogen-bond acceptors (Lipinski definition) is 7. The lowest BCUT2D eigenvalue weighted by atomic mass is 10.4. The highest BCUT2D eigenvalue weighted by Crippen LogP contribution is 2.12. The van der Waals surface area contributed by atoms with E-state index >= 15 is 0 Å². The van der Waals surface area contributed by atoms with Crippen LogP contribution in [0.25, 0.3) is 0 Å². The molecule has 0 radical (unpaired) electrons. The molecule has 0 fully saturated rings. The third-order valence-electron chi connectivity index (χ3n) is 1.76. The number of hydrogen-bond donors (Lipinski definition) is 3. The molecule has 0 aliphatic heterocycles. The summed E-state index contributed by atoms with van der Waals surface area (Å²) in [6.45, 7) is 2.40. The van der Waals surface area contributed by atoms with Crippen LogP contribution in [-0.2, 0) is 4.74 Å². The van der Waals surface area contributed by atoms with Crippen molar-refractivity contribution < 1.29 is 14.6 Å². The van der Waals surface area contributed by atoms with Gasteiger partial charge in [-0.05, 0) is 6.92 Å². The zero-order valence-corrected chi connectivity index (χ0v) is 9.09. The zero-order valence-electron chi connectivity index (χ0n) is 9.09. The van der Waals surface area contributed by atoms with E-state index in [4.69, 9.17) is 26.0 Å². The first-order chi connectivity index (χ1) is 7.65. The zero-order chi connectivity index (χ0) is 12.0. The summed E-state index contributed by atoms with van der Waals surface area (Å²) in [6.07, 6.45) is -0.387. The summed E-state index contributed by atoms with van der Waals surface area (Å²) < 4.78 is 10.5. The lowest BCUT2D eigenvalue weighted by molar-refractivity contribution is -0.00850. The number of nitrogens with zero attached hydrogens (tertiary/aromatic N) is 2. The topological polar surface area (TPSA) is 117 Å². The lowest BCUT2D eigenvalue weighted by Crippen LogP contribution is -2.26. The molecule has 0 aliphatic carbocycles. The van der Waals surface area contributed by atoms with Gasteiger partial charge in [-0.1, -0.05) is 0 Å². The molecule has 0 amide bonds. The molecule has 0 saturated heterocycles. The Bertz CT molecular complexity index is 314. The summed E-state index contributed by atoms with van der Waals surface area (Å²) in [6, 6.07) is 1.46. The van der Waals surface area contributed by atoms with Crippen molar-refractivity contribution in [3.63, 3.8) is 0 Å². The molecule has 1 aromatic heterocycles. The van der Waals surface area contributed by atoms with E-state index in [1.54, 1.807) is 0 Å². The first kappa shape index (κ1) is 12.5. The number of nitrogens with two attached hydrogens (primary N) is 2. The van der Waals surface area contributed by atoms with E-state index in [-0.39, 0.29) is 37.0 Å². The van der Waals surface area contributed by atoms with Crippen LogP contribution in [0.5, 0.6) is 5.88 Å². The van der Waals surface area contributed by atoms with Crippen molar-refractivity contribution in [1.82, 2.24) is 9.97 Å². The average molecular weight is 228 g/mol. The average Bonchev–Trinajstić information content (AvgIpc) is 2.23. The van der Waals surface area contributed by atoms with Crippen LogP contribution in [0.3, 0.4) is 0 Å². The van der Waals surface area contributed by atoms with E-state index in [1.165, 1.54) is 6.07 Å². The van der Waals surface area contributed by atoms with E-state index in [2.05, 4.69) is 9.97 Å². The van der Waals surface area contributed by atoms with Gasteiger partial charge in [0.05, 0.1) is 6.61 Å². The fraction of sp³-hybridized carbons (Fsp3) is 0.556. The van der Waals surface area contributed by atoms with E-state index < -0.39 is 0 Å². The molecule has 1 unspecified atom stereocenters. The molecule has 7 heteroatoms. The van der Waals surface area contributed by atoms with Gasteiger partial charge in [-0.3, -0.25) is 0 Å². The molecule has 0 bridgehead atoms. The van der Waals surface area contributed by atoms with Crippen LogP contribution in [0.1, 0.15) is 6.92 Å². The fourth-order valence-electron chi connectivity index (χ4n) is 1.10. The molecule has 7 nitrogen and oxygen atoms in total. The van der Waals surface area contributed by atoms with E-state index in [9.17, 15) is 0 Å². The second-order valence-electron chi connectivity index (χ2n) is 3.06. The highest BCUT2D eigenvalue weighted by molar-refractivity contribution is 5.38. The van der Waals surface area contributed by atoms with Crippen molar-refractivity contribution in [3.05, 3.63) is 6.07 Å². The van der Waals surface area contributed by atoms with E-state index in [1.807, 2.05) is 6.92 Å². The van der Waals surface area contributed by atoms with Crippen LogP contribution < -0.4 is 16.2 Å². The molecule has 0 spiro atoms. The summed E-state index contributed by atoms with van der Waals surface area (Å²) >= 11 is 0. The van der Waals surface area contributed by atoms with Gasteiger partial charge in [0.15, 0.2) is 0 Å². The van der Waals surface area contributed by atoms with Crippen LogP contribution >= 0.6 is 0 Å². The minimum atomic E-state index is -0.387. The highest BCUT2D eigenvalue weighted by atomic mass is 16.5. The number of nitrogen functional groups attached to an aromatic ring is 2. The Morgan fingerprint density at radius 1 is 1.44 bits per heavy atom. The van der Waals surface area contributed by atoms with E-state index in [0.29, 0.717) is 6.61 Å². The minimum Gasteiger partial charge on any atom is -0.475 e. The molecule has 16 heavy (non-hydrogen) atoms. The van der Waals surface area contributed by atoms with E-state index in [0.717, 1.165) is 0 Å². The lowest BCUT2D eigenvalue weighted by Gasteiger charge is -2.14. The van der Waals surface area contributed by atoms with Gasteiger partial charge < -0.3 is 26.0 Å². The number of aliphatic hydroxyl groups is 1. The summed E-state index contributed by atoms with van der Waals surface area (Å²) in [7, 11) is 0. The normalized spacial score (nSPS) is 12.4. The Morgan fingerprint density at radius 3 is 2.75 bits per heavy atom. The van der Waals surface area contributed by atoms with Crippen molar-refractivity contribution in [2.75, 3.05) is 31.3 Å². The predicted octanol–water partition coefficient (Wildman–Crippen LogP) is -0.583. The Labute approximate surface area is 93.4 Å². The summed E-state index contributed by atoms with van der Waals surface area (Å²) in [5.41, 5.74) is 10.9. The number of rotatable bonds is 6. The highest BCUT2D eigenvalue weighted by Gasteiger charge is 2.09. The Kier molecular flexibility index (Phi) is 4.74. The van der Waals surface area contributed by atoms with Crippen molar-refractivity contribution in [2.24, 2.45) is 0 Å². The second-order valence-corrected chi connectivity index (χ2v) is 3.06. The predicted molar refractivity (Wildman–Crippen MR) is 58.9 cm³/mol. The van der Waals surface area contributed by atoms with Crippen LogP contribution in [0.4, 0.5) is 11.8 Å². The molecule has 0 aromatic carbocycles. The minimum absolute atomic E-state index is 0.0481. The molecule has 90 valence electrons. The SMILES string of the molecule is CCOC(CO)COc1cc(N)nc(N)n1. The van der Waals surface area contributed by atoms with Crippen LogP contribution in [0, 0.1) is 0 Å². The molecular weight excluding hydrogens is 212 g/mol. The summed E-state index contributed by atoms with van der Waals surface area (Å²) in [4.78, 5) is 7.53. The second kappa shape index (κ2) is 6.09. The number of ether oxygens (including phenoxy) is 2. The van der Waals surface area contributed by atoms with Gasteiger partial charge >= 0.3 is 0 Å². The molecule has 1 heterocycles. The molecule has 1 atom stereocenters. The van der Waals surface area contributed by atoms with Gasteiger partial charge in [0.2, 0.25) is 11.8 Å². The first-order valence-electron chi connectivity index (χ1n) is 4.91. The quantitative estimate of drug-likeness (QED) is 0.596. The molecule has 1 aromatic rings. The van der Waals surface area contributed by atoms with Crippen molar-refractivity contribution >= 4 is 11.8 Å². The summed E-state index contributed by atoms with van der Waals surface area (Å²) in [5, 5.41) is 8.96. The maximum Gasteiger partial charge on any atom is 0.225 e. The molecule has 1 rings (SSSR count). The maximum atomic E-state index is 8.96. The van der Waals surface area contributed by atoms with Crippen molar-refractivity contribution in [1.29, 1.82) is 0 Å². The molecule has 0 saturated carbocycles. The van der Waals surface area contributed by atoms with Gasteiger partial charge in [0.25, 0.3) is 0 Å². The van der Waals surface area contributed by atoms with Gasteiger partial charge in [0, 0.05) is 12.7 Å². The van der Waals surface area contributed by atoms with Crippen LogP contribution in [-0.4, -0.2) is 41.0 Å². The Hall–Kier alpha value is -1.60. The number of aromatic nitrogens is 2. The smallest absolute Gasteiger partial charge is 0.225 e. The molecular formula is C9H16N4O3. The van der Waals surface area contributed by atoms with Gasteiger partial charge in [-0.15, -0.1) is 0 Å². The molecule has 0 aliphatic rings. The van der Waals surface area contributed by atoms with Gasteiger partial charge in [-0.25, -0.2) is 0 Å².